The third kappa shape index (κ3) is 4.89. The first kappa shape index (κ1) is 14.8. The van der Waals surface area contributed by atoms with Crippen molar-refractivity contribution in [1.29, 1.82) is 0 Å². The van der Waals surface area contributed by atoms with Crippen LogP contribution in [0, 0.1) is 0 Å². The first-order valence-electron chi connectivity index (χ1n) is 6.08. The molecule has 0 unspecified atom stereocenters. The smallest absolute Gasteiger partial charge is 0.279 e. The van der Waals surface area contributed by atoms with E-state index >= 15 is 0 Å². The Hall–Kier alpha value is -0.210. The van der Waals surface area contributed by atoms with Gasteiger partial charge in [0.2, 0.25) is 0 Å². The van der Waals surface area contributed by atoms with Crippen LogP contribution in [0.2, 0.25) is 0 Å². The summed E-state index contributed by atoms with van der Waals surface area (Å²) in [6, 6.07) is 0. The van der Waals surface area contributed by atoms with E-state index in [1.54, 1.807) is 0 Å². The van der Waals surface area contributed by atoms with Gasteiger partial charge in [0, 0.05) is 26.3 Å². The molecule has 0 aromatic heterocycles. The van der Waals surface area contributed by atoms with Crippen molar-refractivity contribution in [3.8, 4) is 0 Å². The van der Waals surface area contributed by atoms with Crippen molar-refractivity contribution in [2.75, 3.05) is 32.8 Å². The van der Waals surface area contributed by atoms with Crippen molar-refractivity contribution in [1.82, 2.24) is 9.03 Å². The minimum Gasteiger partial charge on any atom is -0.352 e. The lowest BCUT2D eigenvalue weighted by atomic mass is 10.4. The largest absolute Gasteiger partial charge is 0.352 e. The van der Waals surface area contributed by atoms with Crippen LogP contribution in [0.3, 0.4) is 0 Å². The fraction of sp³-hybridized carbons (Fsp3) is 1.00. The van der Waals surface area contributed by atoms with Crippen LogP contribution < -0.4 is 4.72 Å². The fourth-order valence-corrected chi connectivity index (χ4v) is 3.00. The van der Waals surface area contributed by atoms with Crippen LogP contribution in [-0.4, -0.2) is 51.9 Å². The van der Waals surface area contributed by atoms with Gasteiger partial charge in [-0.15, -0.1) is 0 Å². The summed E-state index contributed by atoms with van der Waals surface area (Å²) in [6.07, 6.45) is 1.35. The number of rotatable bonds is 8. The van der Waals surface area contributed by atoms with Gasteiger partial charge in [0.25, 0.3) is 10.2 Å². The lowest BCUT2D eigenvalue weighted by Gasteiger charge is -2.20. The van der Waals surface area contributed by atoms with Crippen molar-refractivity contribution < 1.29 is 17.9 Å². The van der Waals surface area contributed by atoms with Crippen LogP contribution in [0.1, 0.15) is 26.7 Å². The van der Waals surface area contributed by atoms with Gasteiger partial charge >= 0.3 is 0 Å². The molecule has 0 radical (unpaired) electrons. The van der Waals surface area contributed by atoms with Gasteiger partial charge in [-0.3, -0.25) is 0 Å². The van der Waals surface area contributed by atoms with Gasteiger partial charge in [-0.25, -0.2) is 0 Å². The van der Waals surface area contributed by atoms with Gasteiger partial charge in [-0.1, -0.05) is 0 Å². The molecule has 1 rings (SSSR count). The Bertz CT molecular complexity index is 295. The third-order valence-corrected chi connectivity index (χ3v) is 4.12. The maximum Gasteiger partial charge on any atom is 0.279 e. The number of nitrogens with one attached hydrogen (secondary N) is 1. The Morgan fingerprint density at radius 2 is 1.71 bits per heavy atom. The highest BCUT2D eigenvalue weighted by molar-refractivity contribution is 7.87. The predicted molar refractivity (Wildman–Crippen MR) is 64.8 cm³/mol. The molecule has 1 saturated heterocycles. The van der Waals surface area contributed by atoms with E-state index in [4.69, 9.17) is 9.47 Å². The second-order valence-corrected chi connectivity index (χ2v) is 5.56. The van der Waals surface area contributed by atoms with Crippen LogP contribution in [0.15, 0.2) is 0 Å². The summed E-state index contributed by atoms with van der Waals surface area (Å²) >= 11 is 0. The molecule has 1 N–H and O–H groups in total. The summed E-state index contributed by atoms with van der Waals surface area (Å²) in [5.74, 6) is 0. The molecule has 1 heterocycles. The fourth-order valence-electron chi connectivity index (χ4n) is 1.73. The van der Waals surface area contributed by atoms with E-state index in [1.165, 1.54) is 4.31 Å². The summed E-state index contributed by atoms with van der Waals surface area (Å²) < 4.78 is 38.2. The summed E-state index contributed by atoms with van der Waals surface area (Å²) in [4.78, 5) is 0. The van der Waals surface area contributed by atoms with Gasteiger partial charge in [-0.2, -0.15) is 17.4 Å². The molecule has 0 aromatic rings. The quantitative estimate of drug-likeness (QED) is 0.642. The van der Waals surface area contributed by atoms with Crippen LogP contribution in [0.4, 0.5) is 0 Å². The molecule has 102 valence electrons. The normalized spacial score (nSPS) is 18.1. The topological polar surface area (TPSA) is 67.9 Å². The minimum absolute atomic E-state index is 0.153. The zero-order valence-corrected chi connectivity index (χ0v) is 11.3. The second-order valence-electron chi connectivity index (χ2n) is 3.80. The van der Waals surface area contributed by atoms with Crippen molar-refractivity contribution in [3.63, 3.8) is 0 Å². The van der Waals surface area contributed by atoms with E-state index in [0.717, 1.165) is 12.8 Å². The van der Waals surface area contributed by atoms with Gasteiger partial charge < -0.3 is 9.47 Å². The molecule has 0 spiro atoms. The maximum atomic E-state index is 11.8. The van der Waals surface area contributed by atoms with Gasteiger partial charge in [0.15, 0.2) is 6.29 Å². The zero-order chi connectivity index (χ0) is 12.7. The zero-order valence-electron chi connectivity index (χ0n) is 10.5. The molecule has 0 saturated carbocycles. The first-order valence-corrected chi connectivity index (χ1v) is 7.52. The molecule has 6 nitrogen and oxygen atoms in total. The molecule has 1 aliphatic rings. The molecule has 1 aliphatic heterocycles. The highest BCUT2D eigenvalue weighted by Crippen LogP contribution is 2.11. The summed E-state index contributed by atoms with van der Waals surface area (Å²) in [7, 11) is -3.37. The summed E-state index contributed by atoms with van der Waals surface area (Å²) in [5.41, 5.74) is 0. The van der Waals surface area contributed by atoms with Crippen LogP contribution in [0.5, 0.6) is 0 Å². The molecule has 0 amide bonds. The highest BCUT2D eigenvalue weighted by Gasteiger charge is 2.25. The average molecular weight is 266 g/mol. The molecule has 0 atom stereocenters. The van der Waals surface area contributed by atoms with Crippen molar-refractivity contribution in [3.05, 3.63) is 0 Å². The van der Waals surface area contributed by atoms with Gasteiger partial charge in [0.05, 0.1) is 6.54 Å². The van der Waals surface area contributed by atoms with Gasteiger partial charge in [-0.05, 0) is 26.7 Å². The lowest BCUT2D eigenvalue weighted by molar-refractivity contribution is -0.130. The summed E-state index contributed by atoms with van der Waals surface area (Å²) in [6.45, 7) is 6.04. The Morgan fingerprint density at radius 3 is 2.18 bits per heavy atom. The van der Waals surface area contributed by atoms with Crippen molar-refractivity contribution in [2.45, 2.75) is 33.0 Å². The van der Waals surface area contributed by atoms with Crippen LogP contribution >= 0.6 is 0 Å². The van der Waals surface area contributed by atoms with Crippen molar-refractivity contribution in [2.24, 2.45) is 0 Å². The third-order valence-electron chi connectivity index (χ3n) is 2.54. The SMILES string of the molecule is CCOC(CNS(=O)(=O)N1CCCC1)OCC. The predicted octanol–water partition coefficient (Wildman–Crippen LogP) is 0.316. The number of hydrogen-bond acceptors (Lipinski definition) is 4. The van der Waals surface area contributed by atoms with E-state index in [9.17, 15) is 8.42 Å². The number of hydrogen-bond donors (Lipinski definition) is 1. The van der Waals surface area contributed by atoms with Gasteiger partial charge in [0.1, 0.15) is 0 Å². The van der Waals surface area contributed by atoms with E-state index < -0.39 is 16.5 Å². The van der Waals surface area contributed by atoms with Crippen LogP contribution in [0.25, 0.3) is 0 Å². The lowest BCUT2D eigenvalue weighted by Crippen LogP contribution is -2.43. The monoisotopic (exact) mass is 266 g/mol. The molecule has 17 heavy (non-hydrogen) atoms. The molecule has 0 aromatic carbocycles. The van der Waals surface area contributed by atoms with Crippen molar-refractivity contribution >= 4 is 10.2 Å². The molecular formula is C10H22N2O4S. The Kier molecular flexibility index (Phi) is 6.35. The van der Waals surface area contributed by atoms with E-state index in [1.807, 2.05) is 13.8 Å². The standard InChI is InChI=1S/C10H22N2O4S/c1-3-15-10(16-4-2)9-11-17(13,14)12-7-5-6-8-12/h10-11H,3-9H2,1-2H3. The molecule has 7 heteroatoms. The molecule has 0 aliphatic carbocycles. The Labute approximate surface area is 103 Å². The van der Waals surface area contributed by atoms with E-state index in [-0.39, 0.29) is 6.54 Å². The van der Waals surface area contributed by atoms with E-state index in [2.05, 4.69) is 4.72 Å². The Balaban J connectivity index is 2.40. The highest BCUT2D eigenvalue weighted by atomic mass is 32.2. The maximum absolute atomic E-state index is 11.8. The minimum atomic E-state index is -3.37. The number of nitrogens with zero attached hydrogens (tertiary/aromatic N) is 1. The first-order chi connectivity index (χ1) is 8.10. The summed E-state index contributed by atoms with van der Waals surface area (Å²) in [5, 5.41) is 0. The second kappa shape index (κ2) is 7.27. The number of ether oxygens (including phenoxy) is 2. The van der Waals surface area contributed by atoms with E-state index in [0.29, 0.717) is 26.3 Å². The molecular weight excluding hydrogens is 244 g/mol. The molecule has 0 bridgehead atoms. The Morgan fingerprint density at radius 1 is 1.18 bits per heavy atom. The average Bonchev–Trinajstić information content (AvgIpc) is 2.81. The molecule has 1 fully saturated rings. The van der Waals surface area contributed by atoms with Crippen LogP contribution in [-0.2, 0) is 19.7 Å².